The van der Waals surface area contributed by atoms with Crippen LogP contribution in [0.2, 0.25) is 5.02 Å². The number of benzene rings is 2. The van der Waals surface area contributed by atoms with Gasteiger partial charge in [-0.25, -0.2) is 4.68 Å². The first-order valence-electron chi connectivity index (χ1n) is 6.26. The van der Waals surface area contributed by atoms with Gasteiger partial charge in [-0.15, -0.1) is 0 Å². The van der Waals surface area contributed by atoms with Crippen molar-refractivity contribution in [3.63, 3.8) is 0 Å². The van der Waals surface area contributed by atoms with Crippen LogP contribution in [0.25, 0.3) is 5.69 Å². The van der Waals surface area contributed by atoms with Crippen LogP contribution >= 0.6 is 11.6 Å². The summed E-state index contributed by atoms with van der Waals surface area (Å²) in [4.78, 5) is 0. The monoisotopic (exact) mass is 284 g/mol. The zero-order valence-corrected chi connectivity index (χ0v) is 11.7. The SMILES string of the molecule is Cc1ccccc1-n1cc(Oc2cccc(Cl)c2)cn1. The smallest absolute Gasteiger partial charge is 0.165 e. The van der Waals surface area contributed by atoms with Gasteiger partial charge < -0.3 is 4.74 Å². The molecule has 0 fully saturated rings. The molecule has 0 N–H and O–H groups in total. The summed E-state index contributed by atoms with van der Waals surface area (Å²) in [7, 11) is 0. The van der Waals surface area contributed by atoms with Gasteiger partial charge in [0, 0.05) is 5.02 Å². The molecule has 3 nitrogen and oxygen atoms in total. The third kappa shape index (κ3) is 2.68. The highest BCUT2D eigenvalue weighted by Gasteiger charge is 2.05. The summed E-state index contributed by atoms with van der Waals surface area (Å²) in [6, 6.07) is 15.4. The highest BCUT2D eigenvalue weighted by molar-refractivity contribution is 6.30. The second-order valence-corrected chi connectivity index (χ2v) is 4.90. The zero-order valence-electron chi connectivity index (χ0n) is 11.0. The van der Waals surface area contributed by atoms with Gasteiger partial charge in [0.1, 0.15) is 5.75 Å². The first-order chi connectivity index (χ1) is 9.72. The quantitative estimate of drug-likeness (QED) is 0.701. The van der Waals surface area contributed by atoms with Crippen molar-refractivity contribution >= 4 is 11.6 Å². The minimum Gasteiger partial charge on any atom is -0.454 e. The van der Waals surface area contributed by atoms with E-state index in [1.807, 2.05) is 42.6 Å². The largest absolute Gasteiger partial charge is 0.454 e. The highest BCUT2D eigenvalue weighted by Crippen LogP contribution is 2.24. The summed E-state index contributed by atoms with van der Waals surface area (Å²) >= 11 is 5.93. The molecule has 1 heterocycles. The summed E-state index contributed by atoms with van der Waals surface area (Å²) in [6.07, 6.45) is 3.54. The van der Waals surface area contributed by atoms with E-state index in [9.17, 15) is 0 Å². The molecular formula is C16H13ClN2O. The number of nitrogens with zero attached hydrogens (tertiary/aromatic N) is 2. The van der Waals surface area contributed by atoms with Crippen molar-refractivity contribution in [2.45, 2.75) is 6.92 Å². The molecule has 0 amide bonds. The minimum atomic E-state index is 0.647. The van der Waals surface area contributed by atoms with E-state index < -0.39 is 0 Å². The summed E-state index contributed by atoms with van der Waals surface area (Å²) < 4.78 is 7.53. The van der Waals surface area contributed by atoms with Crippen LogP contribution in [-0.2, 0) is 0 Å². The molecule has 3 rings (SSSR count). The number of rotatable bonds is 3. The molecule has 1 aromatic heterocycles. The number of hydrogen-bond acceptors (Lipinski definition) is 2. The first-order valence-corrected chi connectivity index (χ1v) is 6.64. The summed E-state index contributed by atoms with van der Waals surface area (Å²) in [5, 5.41) is 4.97. The van der Waals surface area contributed by atoms with E-state index in [0.717, 1.165) is 11.3 Å². The van der Waals surface area contributed by atoms with E-state index >= 15 is 0 Å². The molecular weight excluding hydrogens is 272 g/mol. The predicted molar refractivity (Wildman–Crippen MR) is 79.8 cm³/mol. The minimum absolute atomic E-state index is 0.647. The molecule has 0 aliphatic carbocycles. The molecule has 0 saturated heterocycles. The van der Waals surface area contributed by atoms with Crippen molar-refractivity contribution in [1.82, 2.24) is 9.78 Å². The van der Waals surface area contributed by atoms with Gasteiger partial charge in [0.2, 0.25) is 0 Å². The average molecular weight is 285 g/mol. The van der Waals surface area contributed by atoms with E-state index in [4.69, 9.17) is 16.3 Å². The fourth-order valence-electron chi connectivity index (χ4n) is 1.98. The van der Waals surface area contributed by atoms with Gasteiger partial charge >= 0.3 is 0 Å². The lowest BCUT2D eigenvalue weighted by molar-refractivity contribution is 0.482. The standard InChI is InChI=1S/C16H13ClN2O/c1-12-5-2-3-8-16(12)19-11-15(10-18-19)20-14-7-4-6-13(17)9-14/h2-11H,1H3. The Morgan fingerprint density at radius 1 is 1.05 bits per heavy atom. The second-order valence-electron chi connectivity index (χ2n) is 4.47. The van der Waals surface area contributed by atoms with Crippen LogP contribution in [0.5, 0.6) is 11.5 Å². The van der Waals surface area contributed by atoms with Crippen LogP contribution in [-0.4, -0.2) is 9.78 Å². The van der Waals surface area contributed by atoms with E-state index in [2.05, 4.69) is 18.1 Å². The van der Waals surface area contributed by atoms with Crippen molar-refractivity contribution in [2.75, 3.05) is 0 Å². The second kappa shape index (κ2) is 5.39. The van der Waals surface area contributed by atoms with Crippen LogP contribution < -0.4 is 4.74 Å². The van der Waals surface area contributed by atoms with Crippen molar-refractivity contribution in [2.24, 2.45) is 0 Å². The van der Waals surface area contributed by atoms with Crippen LogP contribution in [0.3, 0.4) is 0 Å². The molecule has 0 spiro atoms. The van der Waals surface area contributed by atoms with Gasteiger partial charge in [0.05, 0.1) is 18.1 Å². The molecule has 2 aromatic carbocycles. The fourth-order valence-corrected chi connectivity index (χ4v) is 2.16. The maximum atomic E-state index is 5.93. The van der Waals surface area contributed by atoms with Crippen LogP contribution in [0.4, 0.5) is 0 Å². The molecule has 100 valence electrons. The molecule has 0 saturated carbocycles. The normalized spacial score (nSPS) is 10.5. The molecule has 0 atom stereocenters. The lowest BCUT2D eigenvalue weighted by Crippen LogP contribution is -1.96. The Bertz CT molecular complexity index is 737. The summed E-state index contributed by atoms with van der Waals surface area (Å²) in [5.74, 6) is 1.37. The number of ether oxygens (including phenoxy) is 1. The van der Waals surface area contributed by atoms with E-state index in [0.29, 0.717) is 16.5 Å². The maximum absolute atomic E-state index is 5.93. The van der Waals surface area contributed by atoms with Gasteiger partial charge in [-0.05, 0) is 36.8 Å². The van der Waals surface area contributed by atoms with Crippen molar-refractivity contribution < 1.29 is 4.74 Å². The number of hydrogen-bond donors (Lipinski definition) is 0. The van der Waals surface area contributed by atoms with Gasteiger partial charge in [0.15, 0.2) is 5.75 Å². The number of halogens is 1. The predicted octanol–water partition coefficient (Wildman–Crippen LogP) is 4.63. The van der Waals surface area contributed by atoms with E-state index in [1.165, 1.54) is 0 Å². The lowest BCUT2D eigenvalue weighted by Gasteiger charge is -2.05. The Morgan fingerprint density at radius 2 is 1.90 bits per heavy atom. The summed E-state index contributed by atoms with van der Waals surface area (Å²) in [6.45, 7) is 2.05. The highest BCUT2D eigenvalue weighted by atomic mass is 35.5. The summed E-state index contributed by atoms with van der Waals surface area (Å²) in [5.41, 5.74) is 2.19. The number of aryl methyl sites for hydroxylation is 1. The molecule has 0 bridgehead atoms. The molecule has 0 aliphatic heterocycles. The Kier molecular flexibility index (Phi) is 3.44. The topological polar surface area (TPSA) is 27.1 Å². The average Bonchev–Trinajstić information content (AvgIpc) is 2.87. The van der Waals surface area contributed by atoms with Crippen molar-refractivity contribution in [3.8, 4) is 17.2 Å². The molecule has 0 unspecified atom stereocenters. The molecule has 20 heavy (non-hydrogen) atoms. The fraction of sp³-hybridized carbons (Fsp3) is 0.0625. The molecule has 0 aliphatic rings. The lowest BCUT2D eigenvalue weighted by atomic mass is 10.2. The Hall–Kier alpha value is -2.26. The Labute approximate surface area is 122 Å². The zero-order chi connectivity index (χ0) is 13.9. The number of para-hydroxylation sites is 1. The van der Waals surface area contributed by atoms with Crippen molar-refractivity contribution in [3.05, 3.63) is 71.5 Å². The Morgan fingerprint density at radius 3 is 2.70 bits per heavy atom. The maximum Gasteiger partial charge on any atom is 0.165 e. The number of aromatic nitrogens is 2. The van der Waals surface area contributed by atoms with E-state index in [-0.39, 0.29) is 0 Å². The van der Waals surface area contributed by atoms with Gasteiger partial charge in [-0.3, -0.25) is 0 Å². The van der Waals surface area contributed by atoms with Gasteiger partial charge in [-0.1, -0.05) is 35.9 Å². The van der Waals surface area contributed by atoms with Gasteiger partial charge in [0.25, 0.3) is 0 Å². The van der Waals surface area contributed by atoms with E-state index in [1.54, 1.807) is 16.9 Å². The third-order valence-corrected chi connectivity index (χ3v) is 3.19. The molecule has 0 radical (unpaired) electrons. The van der Waals surface area contributed by atoms with Crippen LogP contribution in [0.1, 0.15) is 5.56 Å². The third-order valence-electron chi connectivity index (χ3n) is 2.95. The van der Waals surface area contributed by atoms with Crippen LogP contribution in [0, 0.1) is 6.92 Å². The van der Waals surface area contributed by atoms with Gasteiger partial charge in [-0.2, -0.15) is 5.10 Å². The van der Waals surface area contributed by atoms with Crippen LogP contribution in [0.15, 0.2) is 60.9 Å². The molecule has 3 aromatic rings. The van der Waals surface area contributed by atoms with Crippen molar-refractivity contribution in [1.29, 1.82) is 0 Å². The first kappa shape index (κ1) is 12.8. The Balaban J connectivity index is 1.86. The molecule has 4 heteroatoms.